The topological polar surface area (TPSA) is 105 Å². The highest BCUT2D eigenvalue weighted by Gasteiger charge is 2.23. The number of fused-ring (bicyclic) bond motifs is 1. The molecule has 0 spiro atoms. The first-order valence-electron chi connectivity index (χ1n) is 7.09. The molecule has 9 heteroatoms. The molecule has 0 fully saturated rings. The van der Waals surface area contributed by atoms with Crippen LogP contribution in [-0.4, -0.2) is 47.0 Å². The fourth-order valence-corrected chi connectivity index (χ4v) is 3.16. The fourth-order valence-electron chi connectivity index (χ4n) is 2.11. The second-order valence-corrected chi connectivity index (χ2v) is 6.83. The van der Waals surface area contributed by atoms with Crippen molar-refractivity contribution in [2.75, 3.05) is 31.6 Å². The maximum Gasteiger partial charge on any atom is 0.240 e. The molecule has 1 aromatic carbocycles. The number of rotatable bonds is 5. The highest BCUT2D eigenvalue weighted by molar-refractivity contribution is 7.89. The Hall–Kier alpha value is -2.13. The van der Waals surface area contributed by atoms with Crippen LogP contribution in [0.25, 0.3) is 0 Å². The van der Waals surface area contributed by atoms with Gasteiger partial charge in [0.25, 0.3) is 0 Å². The van der Waals surface area contributed by atoms with Crippen LogP contribution in [0.5, 0.6) is 5.75 Å². The summed E-state index contributed by atoms with van der Waals surface area (Å²) in [5, 5.41) is 2.50. The Morgan fingerprint density at radius 3 is 2.78 bits per heavy atom. The van der Waals surface area contributed by atoms with Gasteiger partial charge in [0.1, 0.15) is 5.75 Å². The molecular formula is C14H19N3O5S. The second kappa shape index (κ2) is 6.97. The summed E-state index contributed by atoms with van der Waals surface area (Å²) >= 11 is 0. The fraction of sp³-hybridized carbons (Fsp3) is 0.429. The van der Waals surface area contributed by atoms with Crippen LogP contribution in [0.15, 0.2) is 23.1 Å². The van der Waals surface area contributed by atoms with Crippen molar-refractivity contribution in [3.63, 3.8) is 0 Å². The maximum absolute atomic E-state index is 12.3. The number of nitrogens with zero attached hydrogens (tertiary/aromatic N) is 1. The molecule has 0 atom stereocenters. The Labute approximate surface area is 134 Å². The number of sulfonamides is 1. The molecule has 2 amide bonds. The van der Waals surface area contributed by atoms with Crippen LogP contribution in [-0.2, 0) is 19.6 Å². The summed E-state index contributed by atoms with van der Waals surface area (Å²) in [4.78, 5) is 24.0. The standard InChI is InChI=1S/C14H19N3O5S/c1-10(18)15-6-7-16-23(20,21)11-3-4-13-12(9-11)17(2)14(19)5-8-22-13/h3-4,9,16H,5-8H2,1-2H3,(H,15,18). The minimum Gasteiger partial charge on any atom is -0.491 e. The molecule has 1 aliphatic rings. The van der Waals surface area contributed by atoms with E-state index in [2.05, 4.69) is 10.0 Å². The molecule has 0 unspecified atom stereocenters. The van der Waals surface area contributed by atoms with Crippen LogP contribution in [0.4, 0.5) is 5.69 Å². The molecule has 0 bridgehead atoms. The lowest BCUT2D eigenvalue weighted by atomic mass is 10.2. The van der Waals surface area contributed by atoms with Crippen LogP contribution in [0.2, 0.25) is 0 Å². The summed E-state index contributed by atoms with van der Waals surface area (Å²) in [6, 6.07) is 4.36. The van der Waals surface area contributed by atoms with Crippen molar-refractivity contribution < 1.29 is 22.7 Å². The van der Waals surface area contributed by atoms with E-state index in [1.165, 1.54) is 30.0 Å². The Bertz CT molecular complexity index is 717. The zero-order chi connectivity index (χ0) is 17.0. The first-order chi connectivity index (χ1) is 10.8. The van der Waals surface area contributed by atoms with E-state index in [1.54, 1.807) is 7.05 Å². The molecule has 2 rings (SSSR count). The first kappa shape index (κ1) is 17.2. The lowest BCUT2D eigenvalue weighted by Crippen LogP contribution is -2.33. The van der Waals surface area contributed by atoms with Gasteiger partial charge in [-0.05, 0) is 18.2 Å². The molecule has 0 aliphatic carbocycles. The third-order valence-corrected chi connectivity index (χ3v) is 4.80. The molecule has 23 heavy (non-hydrogen) atoms. The van der Waals surface area contributed by atoms with Gasteiger partial charge in [-0.25, -0.2) is 13.1 Å². The molecule has 0 saturated carbocycles. The number of benzene rings is 1. The molecule has 0 aromatic heterocycles. The predicted octanol–water partition coefficient (Wildman–Crippen LogP) is -0.154. The van der Waals surface area contributed by atoms with Crippen LogP contribution in [0, 0.1) is 0 Å². The highest BCUT2D eigenvalue weighted by atomic mass is 32.2. The molecule has 2 N–H and O–H groups in total. The third-order valence-electron chi connectivity index (χ3n) is 3.34. The van der Waals surface area contributed by atoms with Crippen LogP contribution in [0.1, 0.15) is 13.3 Å². The molecule has 126 valence electrons. The number of anilines is 1. The number of nitrogens with one attached hydrogen (secondary N) is 2. The molecule has 0 saturated heterocycles. The van der Waals surface area contributed by atoms with Crippen molar-refractivity contribution >= 4 is 27.5 Å². The van der Waals surface area contributed by atoms with Crippen LogP contribution >= 0.6 is 0 Å². The van der Waals surface area contributed by atoms with Crippen molar-refractivity contribution in [1.82, 2.24) is 10.0 Å². The van der Waals surface area contributed by atoms with Gasteiger partial charge in [-0.1, -0.05) is 0 Å². The van der Waals surface area contributed by atoms with Gasteiger partial charge in [0.2, 0.25) is 21.8 Å². The number of carbonyl (C=O) groups excluding carboxylic acids is 2. The summed E-state index contributed by atoms with van der Waals surface area (Å²) in [5.74, 6) is 0.0963. The number of ether oxygens (including phenoxy) is 1. The lowest BCUT2D eigenvalue weighted by molar-refractivity contribution is -0.119. The Morgan fingerprint density at radius 1 is 1.35 bits per heavy atom. The first-order valence-corrected chi connectivity index (χ1v) is 8.57. The SMILES string of the molecule is CC(=O)NCCNS(=O)(=O)c1ccc2c(c1)N(C)C(=O)CCO2. The van der Waals surface area contributed by atoms with Gasteiger partial charge in [0, 0.05) is 27.1 Å². The van der Waals surface area contributed by atoms with E-state index in [-0.39, 0.29) is 42.8 Å². The lowest BCUT2D eigenvalue weighted by Gasteiger charge is -2.17. The summed E-state index contributed by atoms with van der Waals surface area (Å²) in [6.07, 6.45) is 0.238. The Morgan fingerprint density at radius 2 is 2.09 bits per heavy atom. The monoisotopic (exact) mass is 341 g/mol. The molecule has 1 aromatic rings. The minimum atomic E-state index is -3.74. The van der Waals surface area contributed by atoms with Gasteiger partial charge < -0.3 is 15.0 Å². The average Bonchev–Trinajstić information content (AvgIpc) is 2.63. The van der Waals surface area contributed by atoms with E-state index < -0.39 is 10.0 Å². The summed E-state index contributed by atoms with van der Waals surface area (Å²) in [5.41, 5.74) is 0.414. The van der Waals surface area contributed by atoms with E-state index in [9.17, 15) is 18.0 Å². The number of hydrogen-bond donors (Lipinski definition) is 2. The van der Waals surface area contributed by atoms with Crippen molar-refractivity contribution in [2.45, 2.75) is 18.2 Å². The zero-order valence-electron chi connectivity index (χ0n) is 13.0. The summed E-state index contributed by atoms with van der Waals surface area (Å²) < 4.78 is 32.4. The van der Waals surface area contributed by atoms with E-state index in [0.717, 1.165) is 0 Å². The highest BCUT2D eigenvalue weighted by Crippen LogP contribution is 2.32. The van der Waals surface area contributed by atoms with Crippen molar-refractivity contribution in [2.24, 2.45) is 0 Å². The van der Waals surface area contributed by atoms with E-state index >= 15 is 0 Å². The molecular weight excluding hydrogens is 322 g/mol. The Kier molecular flexibility index (Phi) is 5.22. The third kappa shape index (κ3) is 4.20. The largest absolute Gasteiger partial charge is 0.491 e. The molecule has 1 heterocycles. The van der Waals surface area contributed by atoms with Crippen molar-refractivity contribution in [3.8, 4) is 5.75 Å². The van der Waals surface area contributed by atoms with Gasteiger partial charge in [-0.3, -0.25) is 9.59 Å². The van der Waals surface area contributed by atoms with Crippen LogP contribution in [0.3, 0.4) is 0 Å². The van der Waals surface area contributed by atoms with Gasteiger partial charge >= 0.3 is 0 Å². The quantitative estimate of drug-likeness (QED) is 0.725. The number of hydrogen-bond acceptors (Lipinski definition) is 5. The molecule has 8 nitrogen and oxygen atoms in total. The Balaban J connectivity index is 2.18. The molecule has 1 aliphatic heterocycles. The summed E-state index contributed by atoms with van der Waals surface area (Å²) in [6.45, 7) is 1.89. The number of carbonyl (C=O) groups is 2. The van der Waals surface area contributed by atoms with Crippen LogP contribution < -0.4 is 19.7 Å². The van der Waals surface area contributed by atoms with Crippen molar-refractivity contribution in [3.05, 3.63) is 18.2 Å². The van der Waals surface area contributed by atoms with E-state index in [0.29, 0.717) is 11.4 Å². The van der Waals surface area contributed by atoms with E-state index in [1.807, 2.05) is 0 Å². The number of amides is 2. The van der Waals surface area contributed by atoms with Gasteiger partial charge in [0.05, 0.1) is 23.6 Å². The van der Waals surface area contributed by atoms with Gasteiger partial charge in [-0.15, -0.1) is 0 Å². The van der Waals surface area contributed by atoms with Gasteiger partial charge in [-0.2, -0.15) is 0 Å². The molecule has 0 radical (unpaired) electrons. The normalized spacial score (nSPS) is 14.7. The maximum atomic E-state index is 12.3. The minimum absolute atomic E-state index is 0.0317. The predicted molar refractivity (Wildman–Crippen MR) is 83.8 cm³/mol. The smallest absolute Gasteiger partial charge is 0.240 e. The van der Waals surface area contributed by atoms with E-state index in [4.69, 9.17) is 4.74 Å². The van der Waals surface area contributed by atoms with Crippen molar-refractivity contribution in [1.29, 1.82) is 0 Å². The van der Waals surface area contributed by atoms with Gasteiger partial charge in [0.15, 0.2) is 0 Å². The average molecular weight is 341 g/mol. The summed E-state index contributed by atoms with van der Waals surface area (Å²) in [7, 11) is -2.16. The zero-order valence-corrected chi connectivity index (χ0v) is 13.8. The second-order valence-electron chi connectivity index (χ2n) is 5.06.